The maximum absolute atomic E-state index is 13.9. The number of carbonyl (C=O) groups excluding carboxylic acids is 2. The second-order valence-corrected chi connectivity index (χ2v) is 9.21. The summed E-state index contributed by atoms with van der Waals surface area (Å²) in [6, 6.07) is 6.33. The van der Waals surface area contributed by atoms with E-state index in [0.29, 0.717) is 30.5 Å². The second kappa shape index (κ2) is 8.33. The van der Waals surface area contributed by atoms with Gasteiger partial charge >= 0.3 is 6.09 Å². The van der Waals surface area contributed by atoms with Crippen LogP contribution in [0.2, 0.25) is 0 Å². The van der Waals surface area contributed by atoms with E-state index in [1.807, 2.05) is 0 Å². The summed E-state index contributed by atoms with van der Waals surface area (Å²) in [7, 11) is 1.53. The summed E-state index contributed by atoms with van der Waals surface area (Å²) in [5.74, 6) is -1.86. The number of nitrogens with zero attached hydrogens (tertiary/aromatic N) is 6. The van der Waals surface area contributed by atoms with Crippen molar-refractivity contribution in [2.45, 2.75) is 37.8 Å². The number of amides is 2. The lowest BCUT2D eigenvalue weighted by molar-refractivity contribution is -0.102. The molecule has 2 amide bonds. The zero-order chi connectivity index (χ0) is 25.7. The van der Waals surface area contributed by atoms with Gasteiger partial charge in [0.15, 0.2) is 11.5 Å². The van der Waals surface area contributed by atoms with E-state index >= 15 is 0 Å². The van der Waals surface area contributed by atoms with Gasteiger partial charge in [-0.15, -0.1) is 5.10 Å². The first-order valence-corrected chi connectivity index (χ1v) is 11.0. The quantitative estimate of drug-likeness (QED) is 0.497. The molecule has 0 saturated heterocycles. The highest BCUT2D eigenvalue weighted by atomic mass is 19.1. The molecule has 3 fully saturated rings. The van der Waals surface area contributed by atoms with Crippen LogP contribution in [0.4, 0.5) is 19.4 Å². The number of nitrogens with one attached hydrogen (secondary N) is 2. The number of rotatable bonds is 6. The van der Waals surface area contributed by atoms with Gasteiger partial charge < -0.3 is 10.1 Å². The topological polar surface area (TPSA) is 148 Å². The van der Waals surface area contributed by atoms with E-state index in [-0.39, 0.29) is 33.9 Å². The van der Waals surface area contributed by atoms with Crippen LogP contribution in [0, 0.1) is 28.5 Å². The Morgan fingerprint density at radius 1 is 1.22 bits per heavy atom. The number of hydrogen-bond acceptors (Lipinski definition) is 8. The molecule has 0 aliphatic heterocycles. The molecule has 3 aromatic heterocycles. The molecule has 6 rings (SSSR count). The lowest BCUT2D eigenvalue weighted by atomic mass is 9.40. The third kappa shape index (κ3) is 4.00. The van der Waals surface area contributed by atoms with Crippen LogP contribution in [-0.2, 0) is 11.8 Å². The van der Waals surface area contributed by atoms with Crippen LogP contribution < -0.4 is 10.6 Å². The van der Waals surface area contributed by atoms with Crippen LogP contribution in [0.1, 0.15) is 48.2 Å². The van der Waals surface area contributed by atoms with Crippen LogP contribution in [0.25, 0.3) is 11.4 Å². The van der Waals surface area contributed by atoms with Crippen molar-refractivity contribution < 1.29 is 23.1 Å². The highest BCUT2D eigenvalue weighted by Crippen LogP contribution is 2.66. The summed E-state index contributed by atoms with van der Waals surface area (Å²) >= 11 is 0. The average molecular weight is 494 g/mol. The number of anilines is 1. The first-order chi connectivity index (χ1) is 17.1. The van der Waals surface area contributed by atoms with Crippen molar-refractivity contribution in [3.8, 4) is 17.5 Å². The first-order valence-electron chi connectivity index (χ1n) is 11.0. The third-order valence-electron chi connectivity index (χ3n) is 6.52. The summed E-state index contributed by atoms with van der Waals surface area (Å²) in [6.45, 7) is 1.37. The molecule has 3 heterocycles. The van der Waals surface area contributed by atoms with Gasteiger partial charge in [-0.05, 0) is 44.4 Å². The SMILES string of the molecule is C[C@@H](OC(=O)Nc1c(-c2ccc(C(=O)NC34CC(C#N)(C3)C4)cn2)nnn1C)c1cc(F)cnc1F. The van der Waals surface area contributed by atoms with Crippen molar-refractivity contribution in [3.05, 3.63) is 53.5 Å². The van der Waals surface area contributed by atoms with Crippen molar-refractivity contribution in [3.63, 3.8) is 0 Å². The van der Waals surface area contributed by atoms with Gasteiger partial charge in [-0.2, -0.15) is 9.65 Å². The summed E-state index contributed by atoms with van der Waals surface area (Å²) < 4.78 is 33.7. The van der Waals surface area contributed by atoms with E-state index in [4.69, 9.17) is 10.00 Å². The van der Waals surface area contributed by atoms with Crippen molar-refractivity contribution in [1.82, 2.24) is 30.3 Å². The Morgan fingerprint density at radius 2 is 1.97 bits per heavy atom. The molecule has 13 heteroatoms. The fraction of sp³-hybridized carbons (Fsp3) is 0.348. The van der Waals surface area contributed by atoms with E-state index < -0.39 is 24.0 Å². The molecular weight excluding hydrogens is 474 g/mol. The van der Waals surface area contributed by atoms with Crippen LogP contribution in [0.15, 0.2) is 30.6 Å². The number of aryl methyl sites for hydroxylation is 1. The van der Waals surface area contributed by atoms with E-state index in [2.05, 4.69) is 37.0 Å². The van der Waals surface area contributed by atoms with E-state index in [1.54, 1.807) is 12.1 Å². The van der Waals surface area contributed by atoms with E-state index in [1.165, 1.54) is 24.9 Å². The van der Waals surface area contributed by atoms with Crippen LogP contribution in [0.5, 0.6) is 0 Å². The summed E-state index contributed by atoms with van der Waals surface area (Å²) in [6.07, 6.45) is 2.02. The fourth-order valence-corrected chi connectivity index (χ4v) is 4.76. The molecule has 3 aliphatic carbocycles. The Labute approximate surface area is 203 Å². The fourth-order valence-electron chi connectivity index (χ4n) is 4.76. The van der Waals surface area contributed by atoms with Gasteiger partial charge in [0.1, 0.15) is 11.9 Å². The van der Waals surface area contributed by atoms with Gasteiger partial charge in [-0.25, -0.2) is 18.9 Å². The Balaban J connectivity index is 1.25. The molecule has 36 heavy (non-hydrogen) atoms. The average Bonchev–Trinajstić information content (AvgIpc) is 3.16. The third-order valence-corrected chi connectivity index (χ3v) is 6.52. The van der Waals surface area contributed by atoms with Gasteiger partial charge in [0, 0.05) is 18.8 Å². The van der Waals surface area contributed by atoms with Crippen molar-refractivity contribution in [2.75, 3.05) is 5.32 Å². The smallest absolute Gasteiger partial charge is 0.413 e. The van der Waals surface area contributed by atoms with Gasteiger partial charge in [0.05, 0.1) is 34.5 Å². The molecular formula is C23H20F2N8O3. The summed E-state index contributed by atoms with van der Waals surface area (Å²) in [4.78, 5) is 32.6. The molecule has 0 radical (unpaired) electrons. The van der Waals surface area contributed by atoms with E-state index in [9.17, 15) is 18.4 Å². The lowest BCUT2D eigenvalue weighted by Gasteiger charge is -2.66. The highest BCUT2D eigenvalue weighted by Gasteiger charge is 2.69. The summed E-state index contributed by atoms with van der Waals surface area (Å²) in [5.41, 5.74) is 0.0968. The molecule has 0 unspecified atom stereocenters. The largest absolute Gasteiger partial charge is 0.441 e. The lowest BCUT2D eigenvalue weighted by Crippen LogP contribution is -2.74. The van der Waals surface area contributed by atoms with Crippen LogP contribution >= 0.6 is 0 Å². The summed E-state index contributed by atoms with van der Waals surface area (Å²) in [5, 5.41) is 22.5. The van der Waals surface area contributed by atoms with Gasteiger partial charge in [-0.3, -0.25) is 15.1 Å². The normalized spacial score (nSPS) is 22.4. The number of halogens is 2. The Hall–Kier alpha value is -4.47. The molecule has 1 atom stereocenters. The molecule has 3 saturated carbocycles. The number of aromatic nitrogens is 5. The van der Waals surface area contributed by atoms with E-state index in [0.717, 1.165) is 12.3 Å². The second-order valence-electron chi connectivity index (χ2n) is 9.21. The highest BCUT2D eigenvalue weighted by molar-refractivity contribution is 5.95. The Kier molecular flexibility index (Phi) is 5.39. The van der Waals surface area contributed by atoms with Gasteiger partial charge in [0.25, 0.3) is 5.91 Å². The molecule has 2 N–H and O–H groups in total. The number of carbonyl (C=O) groups is 2. The maximum atomic E-state index is 13.9. The van der Waals surface area contributed by atoms with Crippen molar-refractivity contribution >= 4 is 17.8 Å². The monoisotopic (exact) mass is 494 g/mol. The minimum Gasteiger partial charge on any atom is -0.441 e. The Morgan fingerprint density at radius 3 is 2.64 bits per heavy atom. The molecule has 11 nitrogen and oxygen atoms in total. The zero-order valence-corrected chi connectivity index (χ0v) is 19.2. The van der Waals surface area contributed by atoms with Crippen LogP contribution in [-0.4, -0.2) is 42.5 Å². The zero-order valence-electron chi connectivity index (χ0n) is 19.2. The van der Waals surface area contributed by atoms with Crippen molar-refractivity contribution in [1.29, 1.82) is 5.26 Å². The number of hydrogen-bond donors (Lipinski definition) is 2. The molecule has 2 bridgehead atoms. The number of ether oxygens (including phenoxy) is 1. The molecule has 3 aromatic rings. The first kappa shape index (κ1) is 23.3. The predicted molar refractivity (Wildman–Crippen MR) is 119 cm³/mol. The Bertz CT molecular complexity index is 1400. The predicted octanol–water partition coefficient (Wildman–Crippen LogP) is 3.04. The van der Waals surface area contributed by atoms with Crippen molar-refractivity contribution in [2.24, 2.45) is 12.5 Å². The standard InChI is InChI=1S/C23H20F2N8O3/c1-12(15-5-14(24)7-28-18(15)25)36-21(35)29-19-17(31-32-33(19)2)16-4-3-13(6-27-16)20(34)30-23-8-22(9-23,10-23)11-26/h3-7,12H,8-10H2,1-2H3,(H,29,35)(H,30,34)/t12-,22?,23?/m1/s1. The molecule has 0 aromatic carbocycles. The maximum Gasteiger partial charge on any atom is 0.413 e. The number of pyridine rings is 2. The minimum atomic E-state index is -1.13. The molecule has 0 spiro atoms. The minimum absolute atomic E-state index is 0.144. The molecule has 184 valence electrons. The van der Waals surface area contributed by atoms with Gasteiger partial charge in [0.2, 0.25) is 5.95 Å². The van der Waals surface area contributed by atoms with Crippen LogP contribution in [0.3, 0.4) is 0 Å². The number of nitriles is 1. The van der Waals surface area contributed by atoms with Gasteiger partial charge in [-0.1, -0.05) is 5.21 Å². The molecule has 3 aliphatic rings.